The first-order valence-corrected chi connectivity index (χ1v) is 5.92. The van der Waals surface area contributed by atoms with Crippen molar-refractivity contribution < 1.29 is 14.3 Å². The second-order valence-electron chi connectivity index (χ2n) is 4.37. The highest BCUT2D eigenvalue weighted by Crippen LogP contribution is 2.42. The van der Waals surface area contributed by atoms with Crippen LogP contribution in [0, 0.1) is 5.92 Å². The Bertz CT molecular complexity index is 290. The molecule has 0 unspecified atom stereocenters. The predicted octanol–water partition coefficient (Wildman–Crippen LogP) is 2.16. The molecule has 2 aliphatic heterocycles. The van der Waals surface area contributed by atoms with E-state index in [1.54, 1.807) is 13.4 Å². The first kappa shape index (κ1) is 11.3. The molecule has 0 aromatic carbocycles. The number of ether oxygens (including phenoxy) is 2. The van der Waals surface area contributed by atoms with E-state index in [4.69, 9.17) is 9.47 Å². The van der Waals surface area contributed by atoms with Gasteiger partial charge in [-0.25, -0.2) is 4.79 Å². The zero-order valence-corrected chi connectivity index (χ0v) is 9.89. The molecule has 0 N–H and O–H groups in total. The summed E-state index contributed by atoms with van der Waals surface area (Å²) in [5.41, 5.74) is 0. The van der Waals surface area contributed by atoms with Gasteiger partial charge in [0, 0.05) is 18.0 Å². The third kappa shape index (κ3) is 1.88. The van der Waals surface area contributed by atoms with Gasteiger partial charge in [0.15, 0.2) is 0 Å². The molecule has 0 spiro atoms. The molecular formula is C12H19NO3. The average Bonchev–Trinajstić information content (AvgIpc) is 2.83. The SMILES string of the molecule is CCOC(=O)N1[C@H]2CC[C@@H]1[C@@H](/C=C/OC)C2. The molecule has 4 nitrogen and oxygen atoms in total. The Kier molecular flexibility index (Phi) is 3.36. The summed E-state index contributed by atoms with van der Waals surface area (Å²) in [7, 11) is 1.65. The maximum Gasteiger partial charge on any atom is 0.410 e. The molecule has 0 aromatic heterocycles. The van der Waals surface area contributed by atoms with Crippen molar-refractivity contribution in [3.63, 3.8) is 0 Å². The molecule has 0 radical (unpaired) electrons. The van der Waals surface area contributed by atoms with Crippen LogP contribution in [0.4, 0.5) is 4.79 Å². The van der Waals surface area contributed by atoms with Gasteiger partial charge in [0.05, 0.1) is 20.0 Å². The largest absolute Gasteiger partial charge is 0.505 e. The van der Waals surface area contributed by atoms with E-state index in [0.717, 1.165) is 19.3 Å². The Morgan fingerprint density at radius 3 is 3.00 bits per heavy atom. The fraction of sp³-hybridized carbons (Fsp3) is 0.750. The van der Waals surface area contributed by atoms with E-state index in [9.17, 15) is 4.79 Å². The number of hydrogen-bond donors (Lipinski definition) is 0. The summed E-state index contributed by atoms with van der Waals surface area (Å²) in [6, 6.07) is 0.686. The number of carbonyl (C=O) groups excluding carboxylic acids is 1. The Labute approximate surface area is 96.2 Å². The van der Waals surface area contributed by atoms with Crippen LogP contribution < -0.4 is 0 Å². The maximum atomic E-state index is 11.8. The zero-order chi connectivity index (χ0) is 11.5. The number of nitrogens with zero attached hydrogens (tertiary/aromatic N) is 1. The fourth-order valence-corrected chi connectivity index (χ4v) is 2.90. The van der Waals surface area contributed by atoms with E-state index >= 15 is 0 Å². The van der Waals surface area contributed by atoms with Gasteiger partial charge in [-0.15, -0.1) is 0 Å². The number of fused-ring (bicyclic) bond motifs is 2. The lowest BCUT2D eigenvalue weighted by Gasteiger charge is -2.22. The molecule has 0 saturated carbocycles. The molecule has 2 bridgehead atoms. The third-order valence-corrected chi connectivity index (χ3v) is 3.53. The van der Waals surface area contributed by atoms with Gasteiger partial charge in [0.2, 0.25) is 0 Å². The molecule has 0 aromatic rings. The number of amides is 1. The Morgan fingerprint density at radius 1 is 1.50 bits per heavy atom. The zero-order valence-electron chi connectivity index (χ0n) is 9.89. The summed E-state index contributed by atoms with van der Waals surface area (Å²) in [5, 5.41) is 0. The predicted molar refractivity (Wildman–Crippen MR) is 59.9 cm³/mol. The molecule has 2 rings (SSSR count). The van der Waals surface area contributed by atoms with E-state index < -0.39 is 0 Å². The van der Waals surface area contributed by atoms with Gasteiger partial charge in [0.1, 0.15) is 0 Å². The van der Waals surface area contributed by atoms with Crippen LogP contribution in [0.1, 0.15) is 26.2 Å². The van der Waals surface area contributed by atoms with Gasteiger partial charge in [-0.05, 0) is 32.3 Å². The van der Waals surface area contributed by atoms with Crippen LogP contribution in [0.25, 0.3) is 0 Å². The molecule has 3 atom stereocenters. The smallest absolute Gasteiger partial charge is 0.410 e. The monoisotopic (exact) mass is 225 g/mol. The molecule has 0 aliphatic carbocycles. The lowest BCUT2D eigenvalue weighted by molar-refractivity contribution is 0.100. The number of rotatable bonds is 3. The molecular weight excluding hydrogens is 206 g/mol. The van der Waals surface area contributed by atoms with Crippen LogP contribution in [-0.2, 0) is 9.47 Å². The molecule has 2 heterocycles. The van der Waals surface area contributed by atoms with Crippen molar-refractivity contribution in [2.45, 2.75) is 38.3 Å². The second kappa shape index (κ2) is 4.76. The van der Waals surface area contributed by atoms with Crippen LogP contribution >= 0.6 is 0 Å². The van der Waals surface area contributed by atoms with Crippen LogP contribution in [0.15, 0.2) is 12.3 Å². The third-order valence-electron chi connectivity index (χ3n) is 3.53. The summed E-state index contributed by atoms with van der Waals surface area (Å²) in [5.74, 6) is 0.433. The number of carbonyl (C=O) groups is 1. The molecule has 90 valence electrons. The summed E-state index contributed by atoms with van der Waals surface area (Å²) < 4.78 is 10.0. The van der Waals surface area contributed by atoms with Crippen molar-refractivity contribution in [2.24, 2.45) is 5.92 Å². The van der Waals surface area contributed by atoms with Gasteiger partial charge in [-0.3, -0.25) is 0 Å². The van der Waals surface area contributed by atoms with E-state index in [-0.39, 0.29) is 6.09 Å². The van der Waals surface area contributed by atoms with Crippen molar-refractivity contribution in [1.82, 2.24) is 4.90 Å². The quantitative estimate of drug-likeness (QED) is 0.691. The van der Waals surface area contributed by atoms with Crippen LogP contribution in [-0.4, -0.2) is 36.8 Å². The van der Waals surface area contributed by atoms with Crippen molar-refractivity contribution >= 4 is 6.09 Å². The summed E-state index contributed by atoms with van der Waals surface area (Å²) in [4.78, 5) is 13.7. The van der Waals surface area contributed by atoms with E-state index in [1.807, 2.05) is 11.8 Å². The number of methoxy groups -OCH3 is 1. The Balaban J connectivity index is 2.02. The van der Waals surface area contributed by atoms with Gasteiger partial charge >= 0.3 is 6.09 Å². The maximum absolute atomic E-state index is 11.8. The van der Waals surface area contributed by atoms with Gasteiger partial charge in [0.25, 0.3) is 0 Å². The lowest BCUT2D eigenvalue weighted by atomic mass is 9.89. The second-order valence-corrected chi connectivity index (χ2v) is 4.37. The molecule has 1 amide bonds. The van der Waals surface area contributed by atoms with E-state index in [2.05, 4.69) is 6.08 Å². The first-order chi connectivity index (χ1) is 7.77. The van der Waals surface area contributed by atoms with Crippen molar-refractivity contribution in [1.29, 1.82) is 0 Å². The summed E-state index contributed by atoms with van der Waals surface area (Å²) >= 11 is 0. The van der Waals surface area contributed by atoms with Gasteiger partial charge < -0.3 is 14.4 Å². The van der Waals surface area contributed by atoms with Crippen LogP contribution in [0.5, 0.6) is 0 Å². The van der Waals surface area contributed by atoms with E-state index in [0.29, 0.717) is 24.6 Å². The minimum Gasteiger partial charge on any atom is -0.505 e. The number of hydrogen-bond acceptors (Lipinski definition) is 3. The fourth-order valence-electron chi connectivity index (χ4n) is 2.90. The minimum absolute atomic E-state index is 0.150. The Hall–Kier alpha value is -1.19. The van der Waals surface area contributed by atoms with Gasteiger partial charge in [-0.2, -0.15) is 0 Å². The summed E-state index contributed by atoms with van der Waals surface area (Å²) in [6.45, 7) is 2.30. The summed E-state index contributed by atoms with van der Waals surface area (Å²) in [6.07, 6.45) is 6.88. The topological polar surface area (TPSA) is 38.8 Å². The molecule has 2 fully saturated rings. The molecule has 2 saturated heterocycles. The van der Waals surface area contributed by atoms with Crippen LogP contribution in [0.3, 0.4) is 0 Å². The highest BCUT2D eigenvalue weighted by Gasteiger charge is 2.48. The van der Waals surface area contributed by atoms with Crippen molar-refractivity contribution in [3.05, 3.63) is 12.3 Å². The highest BCUT2D eigenvalue weighted by molar-refractivity contribution is 5.69. The van der Waals surface area contributed by atoms with E-state index in [1.165, 1.54) is 0 Å². The van der Waals surface area contributed by atoms with Crippen LogP contribution in [0.2, 0.25) is 0 Å². The highest BCUT2D eigenvalue weighted by atomic mass is 16.6. The normalized spacial score (nSPS) is 32.4. The minimum atomic E-state index is -0.150. The average molecular weight is 225 g/mol. The first-order valence-electron chi connectivity index (χ1n) is 5.92. The molecule has 2 aliphatic rings. The van der Waals surface area contributed by atoms with Gasteiger partial charge in [-0.1, -0.05) is 0 Å². The molecule has 4 heteroatoms. The van der Waals surface area contributed by atoms with Crippen molar-refractivity contribution in [2.75, 3.05) is 13.7 Å². The molecule has 16 heavy (non-hydrogen) atoms. The Morgan fingerprint density at radius 2 is 2.31 bits per heavy atom. The lowest BCUT2D eigenvalue weighted by Crippen LogP contribution is -2.36. The van der Waals surface area contributed by atoms with Crippen molar-refractivity contribution in [3.8, 4) is 0 Å². The standard InChI is InChI=1S/C12H19NO3/c1-3-16-12(14)13-10-4-5-11(13)9(8-10)6-7-15-2/h6-7,9-11H,3-5,8H2,1-2H3/b7-6+/t9-,10-,11+/m0/s1.